The van der Waals surface area contributed by atoms with Gasteiger partial charge in [-0.15, -0.1) is 4.73 Å². The molecule has 1 aromatic heterocycles. The number of rotatable bonds is 6. The Hall–Kier alpha value is -2.28. The van der Waals surface area contributed by atoms with Crippen LogP contribution in [0.15, 0.2) is 18.2 Å². The van der Waals surface area contributed by atoms with Gasteiger partial charge in [-0.2, -0.15) is 0 Å². The van der Waals surface area contributed by atoms with Crippen molar-refractivity contribution in [2.45, 2.75) is 19.3 Å². The van der Waals surface area contributed by atoms with Crippen LogP contribution >= 0.6 is 0 Å². The van der Waals surface area contributed by atoms with Gasteiger partial charge in [0.2, 0.25) is 5.95 Å². The van der Waals surface area contributed by atoms with Crippen molar-refractivity contribution in [1.29, 1.82) is 5.41 Å². The van der Waals surface area contributed by atoms with Crippen LogP contribution in [0, 0.1) is 5.41 Å². The second-order valence-electron chi connectivity index (χ2n) is 5.66. The minimum atomic E-state index is -0.0821. The molecule has 7 nitrogen and oxygen atoms in total. The zero-order valence-electron chi connectivity index (χ0n) is 12.5. The van der Waals surface area contributed by atoms with E-state index in [9.17, 15) is 5.21 Å². The summed E-state index contributed by atoms with van der Waals surface area (Å²) in [7, 11) is 0. The topological polar surface area (TPSA) is 103 Å². The highest BCUT2D eigenvalue weighted by atomic mass is 16.5. The Morgan fingerprint density at radius 3 is 2.86 bits per heavy atom. The van der Waals surface area contributed by atoms with Crippen molar-refractivity contribution in [3.05, 3.63) is 23.8 Å². The number of benzene rings is 1. The molecular weight excluding hydrogens is 280 g/mol. The number of fused-ring (bicyclic) bond motifs is 1. The van der Waals surface area contributed by atoms with Gasteiger partial charge in [0, 0.05) is 12.1 Å². The Kier molecular flexibility index (Phi) is 4.15. The molecule has 0 saturated carbocycles. The fourth-order valence-corrected chi connectivity index (χ4v) is 2.95. The number of nitrogens with zero attached hydrogens (tertiary/aromatic N) is 3. The molecule has 118 valence electrons. The predicted octanol–water partition coefficient (Wildman–Crippen LogP) is 1.46. The number of amidine groups is 1. The number of imidazole rings is 1. The average Bonchev–Trinajstić information content (AvgIpc) is 3.12. The van der Waals surface area contributed by atoms with E-state index in [4.69, 9.17) is 11.1 Å². The van der Waals surface area contributed by atoms with E-state index in [1.807, 2.05) is 0 Å². The van der Waals surface area contributed by atoms with E-state index < -0.39 is 0 Å². The van der Waals surface area contributed by atoms with Crippen molar-refractivity contribution in [1.82, 2.24) is 14.6 Å². The third-order valence-corrected chi connectivity index (χ3v) is 4.08. The van der Waals surface area contributed by atoms with Crippen molar-refractivity contribution in [3.8, 4) is 0 Å². The molecule has 0 atom stereocenters. The van der Waals surface area contributed by atoms with E-state index in [0.29, 0.717) is 22.5 Å². The standard InChI is InChI=1S/C15H22N6O/c16-14(17)11-5-3-6-12-13(11)21(22)15(19-12)18-7-4-10-20-8-1-2-9-20/h3,5-6,22H,1-2,4,7-10H2,(H3,16,17)(H,18,19). The summed E-state index contributed by atoms with van der Waals surface area (Å²) < 4.78 is 0.988. The lowest BCUT2D eigenvalue weighted by atomic mass is 10.2. The van der Waals surface area contributed by atoms with Crippen LogP contribution in [0.25, 0.3) is 11.0 Å². The summed E-state index contributed by atoms with van der Waals surface area (Å²) in [4.78, 5) is 6.82. The van der Waals surface area contributed by atoms with Crippen molar-refractivity contribution in [3.63, 3.8) is 0 Å². The second-order valence-corrected chi connectivity index (χ2v) is 5.66. The van der Waals surface area contributed by atoms with Crippen LogP contribution in [0.5, 0.6) is 0 Å². The van der Waals surface area contributed by atoms with Gasteiger partial charge in [0.1, 0.15) is 11.4 Å². The minimum absolute atomic E-state index is 0.0821. The fourth-order valence-electron chi connectivity index (χ4n) is 2.95. The van der Waals surface area contributed by atoms with E-state index in [-0.39, 0.29) is 5.84 Å². The van der Waals surface area contributed by atoms with Gasteiger partial charge in [0.15, 0.2) is 0 Å². The quantitative estimate of drug-likeness (QED) is 0.280. The molecule has 0 amide bonds. The molecule has 2 heterocycles. The predicted molar refractivity (Wildman–Crippen MR) is 86.7 cm³/mol. The van der Waals surface area contributed by atoms with Crippen molar-refractivity contribution in [2.24, 2.45) is 5.73 Å². The smallest absolute Gasteiger partial charge is 0.237 e. The lowest BCUT2D eigenvalue weighted by Gasteiger charge is -2.14. The Morgan fingerprint density at radius 2 is 2.14 bits per heavy atom. The molecule has 0 radical (unpaired) electrons. The number of aromatic nitrogens is 2. The zero-order chi connectivity index (χ0) is 15.5. The summed E-state index contributed by atoms with van der Waals surface area (Å²) in [5.41, 5.74) is 7.13. The fraction of sp³-hybridized carbons (Fsp3) is 0.467. The molecule has 1 fully saturated rings. The van der Waals surface area contributed by atoms with Gasteiger partial charge in [-0.05, 0) is 51.0 Å². The molecule has 0 aliphatic carbocycles. The van der Waals surface area contributed by atoms with Crippen molar-refractivity contribution in [2.75, 3.05) is 31.5 Å². The lowest BCUT2D eigenvalue weighted by Crippen LogP contribution is -2.22. The molecule has 5 N–H and O–H groups in total. The molecule has 7 heteroatoms. The van der Waals surface area contributed by atoms with E-state index in [0.717, 1.165) is 24.2 Å². The number of hydrogen-bond acceptors (Lipinski definition) is 5. The first-order chi connectivity index (χ1) is 10.7. The Bertz CT molecular complexity index is 674. The normalized spacial score (nSPS) is 15.5. The van der Waals surface area contributed by atoms with Crippen molar-refractivity contribution < 1.29 is 5.21 Å². The third-order valence-electron chi connectivity index (χ3n) is 4.08. The molecule has 0 unspecified atom stereocenters. The Balaban J connectivity index is 1.67. The van der Waals surface area contributed by atoms with Crippen molar-refractivity contribution >= 4 is 22.8 Å². The van der Waals surface area contributed by atoms with Crippen LogP contribution < -0.4 is 11.1 Å². The number of nitrogens with two attached hydrogens (primary N) is 1. The number of hydrogen-bond donors (Lipinski definition) is 4. The van der Waals surface area contributed by atoms with Gasteiger partial charge < -0.3 is 21.2 Å². The first-order valence-electron chi connectivity index (χ1n) is 7.68. The number of likely N-dealkylation sites (tertiary alicyclic amines) is 1. The highest BCUT2D eigenvalue weighted by molar-refractivity contribution is 6.06. The van der Waals surface area contributed by atoms with Crippen LogP contribution in [0.3, 0.4) is 0 Å². The Morgan fingerprint density at radius 1 is 1.36 bits per heavy atom. The molecule has 1 aromatic carbocycles. The lowest BCUT2D eigenvalue weighted by molar-refractivity contribution is 0.203. The molecule has 3 rings (SSSR count). The molecule has 1 aliphatic heterocycles. The van der Waals surface area contributed by atoms with Gasteiger partial charge in [-0.1, -0.05) is 6.07 Å². The zero-order valence-corrected chi connectivity index (χ0v) is 12.5. The average molecular weight is 302 g/mol. The number of anilines is 1. The maximum Gasteiger partial charge on any atom is 0.237 e. The number of para-hydroxylation sites is 1. The first kappa shape index (κ1) is 14.6. The minimum Gasteiger partial charge on any atom is -0.425 e. The summed E-state index contributed by atoms with van der Waals surface area (Å²) in [6.07, 6.45) is 3.60. The van der Waals surface area contributed by atoms with Crippen LogP contribution in [-0.2, 0) is 0 Å². The largest absolute Gasteiger partial charge is 0.425 e. The summed E-state index contributed by atoms with van der Waals surface area (Å²) in [5.74, 6) is 0.312. The number of nitrogens with one attached hydrogen (secondary N) is 2. The molecule has 2 aromatic rings. The van der Waals surface area contributed by atoms with Crippen LogP contribution in [0.4, 0.5) is 5.95 Å². The van der Waals surface area contributed by atoms with Crippen LogP contribution in [0.1, 0.15) is 24.8 Å². The third kappa shape index (κ3) is 2.85. The summed E-state index contributed by atoms with van der Waals surface area (Å²) in [6, 6.07) is 5.28. The van der Waals surface area contributed by atoms with Gasteiger partial charge >= 0.3 is 0 Å². The SMILES string of the molecule is N=C(N)c1cccc2nc(NCCCN3CCCC3)n(O)c12. The highest BCUT2D eigenvalue weighted by Gasteiger charge is 2.15. The van der Waals surface area contributed by atoms with Gasteiger partial charge in [0.05, 0.1) is 5.52 Å². The van der Waals surface area contributed by atoms with Gasteiger partial charge in [0.25, 0.3) is 0 Å². The van der Waals surface area contributed by atoms with Gasteiger partial charge in [-0.25, -0.2) is 4.98 Å². The van der Waals surface area contributed by atoms with E-state index in [1.54, 1.807) is 18.2 Å². The maximum absolute atomic E-state index is 10.3. The number of nitrogen functional groups attached to an aromatic ring is 1. The summed E-state index contributed by atoms with van der Waals surface area (Å²) in [5, 5.41) is 21.0. The molecular formula is C15H22N6O. The molecule has 1 aliphatic rings. The second kappa shape index (κ2) is 6.23. The maximum atomic E-state index is 10.3. The molecule has 0 bridgehead atoms. The van der Waals surface area contributed by atoms with E-state index >= 15 is 0 Å². The van der Waals surface area contributed by atoms with Crippen LogP contribution in [0.2, 0.25) is 0 Å². The Labute approximate surface area is 129 Å². The van der Waals surface area contributed by atoms with Crippen LogP contribution in [-0.4, -0.2) is 51.8 Å². The molecule has 22 heavy (non-hydrogen) atoms. The molecule has 1 saturated heterocycles. The van der Waals surface area contributed by atoms with E-state index in [1.165, 1.54) is 25.9 Å². The molecule has 0 spiro atoms. The first-order valence-corrected chi connectivity index (χ1v) is 7.68. The monoisotopic (exact) mass is 302 g/mol. The highest BCUT2D eigenvalue weighted by Crippen LogP contribution is 2.21. The van der Waals surface area contributed by atoms with E-state index in [2.05, 4.69) is 15.2 Å². The summed E-state index contributed by atoms with van der Waals surface area (Å²) in [6.45, 7) is 4.20. The van der Waals surface area contributed by atoms with Gasteiger partial charge in [-0.3, -0.25) is 5.41 Å². The summed E-state index contributed by atoms with van der Waals surface area (Å²) >= 11 is 0.